The Morgan fingerprint density at radius 2 is 2.07 bits per heavy atom. The monoisotopic (exact) mass is 208 g/mol. The summed E-state index contributed by atoms with van der Waals surface area (Å²) in [6, 6.07) is 0. The minimum absolute atomic E-state index is 0.172. The lowest BCUT2D eigenvalue weighted by atomic mass is 10.1. The minimum Gasteiger partial charge on any atom is -0.383 e. The Kier molecular flexibility index (Phi) is 3.24. The molecule has 0 aliphatic rings. The summed E-state index contributed by atoms with van der Waals surface area (Å²) in [5.41, 5.74) is 11.6. The summed E-state index contributed by atoms with van der Waals surface area (Å²) < 4.78 is 0. The van der Waals surface area contributed by atoms with Gasteiger partial charge < -0.3 is 11.5 Å². The zero-order valence-electron chi connectivity index (χ0n) is 9.24. The summed E-state index contributed by atoms with van der Waals surface area (Å²) in [6.07, 6.45) is 0.925. The van der Waals surface area contributed by atoms with Gasteiger partial charge in [-0.1, -0.05) is 13.8 Å². The van der Waals surface area contributed by atoms with Crippen LogP contribution in [-0.4, -0.2) is 15.9 Å². The Labute approximate surface area is 88.9 Å². The van der Waals surface area contributed by atoms with Crippen LogP contribution in [0, 0.1) is 6.92 Å². The van der Waals surface area contributed by atoms with Crippen LogP contribution in [-0.2, 0) is 0 Å². The summed E-state index contributed by atoms with van der Waals surface area (Å²) in [7, 11) is 0. The fraction of sp³-hybridized carbons (Fsp3) is 0.500. The van der Waals surface area contributed by atoms with E-state index in [1.165, 1.54) is 0 Å². The Bertz CT molecular complexity index is 366. The van der Waals surface area contributed by atoms with Crippen LogP contribution in [0.3, 0.4) is 0 Å². The number of nitrogens with zero attached hydrogens (tertiary/aromatic N) is 2. The van der Waals surface area contributed by atoms with Crippen LogP contribution in [0.5, 0.6) is 0 Å². The third kappa shape index (κ3) is 2.23. The number of anilines is 1. The van der Waals surface area contributed by atoms with Crippen LogP contribution in [0.1, 0.15) is 48.1 Å². The van der Waals surface area contributed by atoms with Crippen molar-refractivity contribution in [2.24, 2.45) is 5.73 Å². The van der Waals surface area contributed by atoms with Crippen LogP contribution in [0.4, 0.5) is 5.82 Å². The van der Waals surface area contributed by atoms with Crippen LogP contribution in [0.15, 0.2) is 0 Å². The second-order valence-electron chi connectivity index (χ2n) is 3.60. The number of rotatable bonds is 3. The van der Waals surface area contributed by atoms with E-state index in [2.05, 4.69) is 9.97 Å². The standard InChI is InChI=1S/C10H16N4O/c1-4-5(2)10-13-6(3)7(9(12)15)8(11)14-10/h5H,4H2,1-3H3,(H2,12,15)(H2,11,13,14). The van der Waals surface area contributed by atoms with Gasteiger partial charge in [0.25, 0.3) is 5.91 Å². The summed E-state index contributed by atoms with van der Waals surface area (Å²) in [5.74, 6) is 0.483. The summed E-state index contributed by atoms with van der Waals surface area (Å²) >= 11 is 0. The topological polar surface area (TPSA) is 94.9 Å². The first kappa shape index (κ1) is 11.4. The van der Waals surface area contributed by atoms with E-state index in [4.69, 9.17) is 11.5 Å². The Morgan fingerprint density at radius 3 is 2.47 bits per heavy atom. The normalized spacial score (nSPS) is 12.5. The van der Waals surface area contributed by atoms with Crippen molar-refractivity contribution < 1.29 is 4.79 Å². The lowest BCUT2D eigenvalue weighted by Crippen LogP contribution is -2.19. The van der Waals surface area contributed by atoms with Crippen LogP contribution in [0.2, 0.25) is 0 Å². The molecule has 0 bridgehead atoms. The second-order valence-corrected chi connectivity index (χ2v) is 3.60. The van der Waals surface area contributed by atoms with Crippen molar-refractivity contribution in [2.75, 3.05) is 5.73 Å². The van der Waals surface area contributed by atoms with E-state index >= 15 is 0 Å². The number of aryl methyl sites for hydroxylation is 1. The van der Waals surface area contributed by atoms with Crippen molar-refractivity contribution >= 4 is 11.7 Å². The third-order valence-electron chi connectivity index (χ3n) is 2.43. The molecular weight excluding hydrogens is 192 g/mol. The van der Waals surface area contributed by atoms with Crippen molar-refractivity contribution in [3.8, 4) is 0 Å². The van der Waals surface area contributed by atoms with E-state index in [0.717, 1.165) is 6.42 Å². The molecule has 82 valence electrons. The van der Waals surface area contributed by atoms with Crippen molar-refractivity contribution in [2.45, 2.75) is 33.1 Å². The Balaban J connectivity index is 3.25. The van der Waals surface area contributed by atoms with Gasteiger partial charge in [-0.25, -0.2) is 9.97 Å². The van der Waals surface area contributed by atoms with E-state index < -0.39 is 5.91 Å². The second kappa shape index (κ2) is 4.25. The molecule has 0 aromatic carbocycles. The van der Waals surface area contributed by atoms with Gasteiger partial charge in [-0.2, -0.15) is 0 Å². The predicted octanol–water partition coefficient (Wildman–Crippen LogP) is 0.980. The van der Waals surface area contributed by atoms with Gasteiger partial charge in [-0.3, -0.25) is 4.79 Å². The first-order valence-electron chi connectivity index (χ1n) is 4.91. The fourth-order valence-electron chi connectivity index (χ4n) is 1.32. The van der Waals surface area contributed by atoms with Crippen LogP contribution < -0.4 is 11.5 Å². The van der Waals surface area contributed by atoms with Crippen molar-refractivity contribution in [3.05, 3.63) is 17.1 Å². The molecule has 1 aromatic heterocycles. The van der Waals surface area contributed by atoms with E-state index in [1.807, 2.05) is 13.8 Å². The van der Waals surface area contributed by atoms with Gasteiger partial charge in [0.2, 0.25) is 0 Å². The summed E-state index contributed by atoms with van der Waals surface area (Å²) in [6.45, 7) is 5.77. The average molecular weight is 208 g/mol. The first-order valence-corrected chi connectivity index (χ1v) is 4.91. The minimum atomic E-state index is -0.583. The van der Waals surface area contributed by atoms with Crippen molar-refractivity contribution in [3.63, 3.8) is 0 Å². The molecule has 0 saturated heterocycles. The third-order valence-corrected chi connectivity index (χ3v) is 2.43. The van der Waals surface area contributed by atoms with E-state index in [9.17, 15) is 4.79 Å². The van der Waals surface area contributed by atoms with Gasteiger partial charge >= 0.3 is 0 Å². The number of hydrogen-bond acceptors (Lipinski definition) is 4. The van der Waals surface area contributed by atoms with E-state index in [-0.39, 0.29) is 17.3 Å². The molecule has 0 aliphatic carbocycles. The fourth-order valence-corrected chi connectivity index (χ4v) is 1.32. The first-order chi connectivity index (χ1) is 6.97. The number of hydrogen-bond donors (Lipinski definition) is 2. The van der Waals surface area contributed by atoms with Crippen molar-refractivity contribution in [1.82, 2.24) is 9.97 Å². The van der Waals surface area contributed by atoms with Gasteiger partial charge in [-0.05, 0) is 13.3 Å². The molecule has 1 unspecified atom stereocenters. The van der Waals surface area contributed by atoms with Gasteiger partial charge in [0.15, 0.2) is 0 Å². The van der Waals surface area contributed by atoms with Gasteiger partial charge in [0.1, 0.15) is 17.2 Å². The maximum Gasteiger partial charge on any atom is 0.254 e. The van der Waals surface area contributed by atoms with Crippen molar-refractivity contribution in [1.29, 1.82) is 0 Å². The summed E-state index contributed by atoms with van der Waals surface area (Å²) in [4.78, 5) is 19.4. The highest BCUT2D eigenvalue weighted by molar-refractivity contribution is 5.98. The molecule has 1 atom stereocenters. The number of nitrogen functional groups attached to an aromatic ring is 1. The number of carbonyl (C=O) groups is 1. The molecule has 4 N–H and O–H groups in total. The zero-order valence-corrected chi connectivity index (χ0v) is 9.24. The smallest absolute Gasteiger partial charge is 0.254 e. The Hall–Kier alpha value is -1.65. The maximum absolute atomic E-state index is 11.1. The number of primary amides is 1. The molecule has 0 spiro atoms. The molecule has 1 amide bonds. The molecule has 0 aliphatic heterocycles. The van der Waals surface area contributed by atoms with Gasteiger partial charge in [-0.15, -0.1) is 0 Å². The molecule has 0 saturated carbocycles. The van der Waals surface area contributed by atoms with E-state index in [1.54, 1.807) is 6.92 Å². The number of nitrogens with two attached hydrogens (primary N) is 2. The van der Waals surface area contributed by atoms with Crippen LogP contribution >= 0.6 is 0 Å². The quantitative estimate of drug-likeness (QED) is 0.774. The predicted molar refractivity (Wildman–Crippen MR) is 58.4 cm³/mol. The number of carbonyl (C=O) groups excluding carboxylic acids is 1. The molecule has 0 fully saturated rings. The number of aromatic nitrogens is 2. The molecule has 1 aromatic rings. The highest BCUT2D eigenvalue weighted by atomic mass is 16.1. The molecule has 1 heterocycles. The molecule has 1 rings (SSSR count). The van der Waals surface area contributed by atoms with Gasteiger partial charge in [0.05, 0.1) is 5.69 Å². The van der Waals surface area contributed by atoms with E-state index in [0.29, 0.717) is 11.5 Å². The zero-order chi connectivity index (χ0) is 11.6. The average Bonchev–Trinajstić information content (AvgIpc) is 2.14. The molecule has 15 heavy (non-hydrogen) atoms. The SMILES string of the molecule is CCC(C)c1nc(C)c(C(N)=O)c(N)n1. The lowest BCUT2D eigenvalue weighted by Gasteiger charge is -2.11. The molecule has 5 nitrogen and oxygen atoms in total. The lowest BCUT2D eigenvalue weighted by molar-refractivity contribution is 0.1000. The largest absolute Gasteiger partial charge is 0.383 e. The van der Waals surface area contributed by atoms with Gasteiger partial charge in [0, 0.05) is 5.92 Å². The Morgan fingerprint density at radius 1 is 1.47 bits per heavy atom. The highest BCUT2D eigenvalue weighted by Gasteiger charge is 2.16. The van der Waals surface area contributed by atoms with Crippen LogP contribution in [0.25, 0.3) is 0 Å². The maximum atomic E-state index is 11.1. The number of amides is 1. The summed E-state index contributed by atoms with van der Waals surface area (Å²) in [5, 5.41) is 0. The molecule has 0 radical (unpaired) electrons. The molecule has 5 heteroatoms. The molecular formula is C10H16N4O. The highest BCUT2D eigenvalue weighted by Crippen LogP contribution is 2.19.